The largest absolute Gasteiger partial charge is 0.323 e. The smallest absolute Gasteiger partial charge is 0.279 e. The molecule has 0 aliphatic rings. The molecule has 0 fully saturated rings. The summed E-state index contributed by atoms with van der Waals surface area (Å²) in [6, 6.07) is 15.3. The SMILES string of the molecule is CC(C(=O)Nc1cc(Cl)ccc1Cl)n1nnc2sc(-c3ccccc3)cc2c1=O. The average molecular weight is 445 g/mol. The summed E-state index contributed by atoms with van der Waals surface area (Å²) in [5, 5.41) is 12.0. The van der Waals surface area contributed by atoms with Gasteiger partial charge >= 0.3 is 0 Å². The molecule has 0 aliphatic heterocycles. The van der Waals surface area contributed by atoms with E-state index in [1.165, 1.54) is 17.4 Å². The van der Waals surface area contributed by atoms with Crippen molar-refractivity contribution in [2.24, 2.45) is 0 Å². The molecule has 4 aromatic rings. The molecular formula is C20H14Cl2N4O2S. The first kappa shape index (κ1) is 19.6. The van der Waals surface area contributed by atoms with Gasteiger partial charge in [-0.05, 0) is 36.8 Å². The van der Waals surface area contributed by atoms with Gasteiger partial charge in [0.2, 0.25) is 5.91 Å². The minimum absolute atomic E-state index is 0.342. The number of hydrogen-bond acceptors (Lipinski definition) is 5. The maximum absolute atomic E-state index is 12.9. The number of thiophene rings is 1. The van der Waals surface area contributed by atoms with Crippen LogP contribution in [0.25, 0.3) is 20.7 Å². The Balaban J connectivity index is 1.66. The number of carbonyl (C=O) groups is 1. The summed E-state index contributed by atoms with van der Waals surface area (Å²) in [6.45, 7) is 1.57. The number of rotatable bonds is 4. The van der Waals surface area contributed by atoms with Crippen LogP contribution in [0.3, 0.4) is 0 Å². The van der Waals surface area contributed by atoms with Crippen LogP contribution in [0.15, 0.2) is 59.4 Å². The second-order valence-electron chi connectivity index (χ2n) is 6.32. The summed E-state index contributed by atoms with van der Waals surface area (Å²) >= 11 is 13.4. The van der Waals surface area contributed by atoms with Crippen molar-refractivity contribution in [2.45, 2.75) is 13.0 Å². The Morgan fingerprint density at radius 1 is 1.14 bits per heavy atom. The van der Waals surface area contributed by atoms with E-state index in [0.29, 0.717) is 25.9 Å². The van der Waals surface area contributed by atoms with Crippen molar-refractivity contribution in [1.82, 2.24) is 15.0 Å². The molecule has 146 valence electrons. The first-order chi connectivity index (χ1) is 13.9. The summed E-state index contributed by atoms with van der Waals surface area (Å²) in [7, 11) is 0. The molecule has 6 nitrogen and oxygen atoms in total. The number of halogens is 2. The first-order valence-electron chi connectivity index (χ1n) is 8.64. The molecule has 0 spiro atoms. The number of anilines is 1. The van der Waals surface area contributed by atoms with Crippen molar-refractivity contribution in [2.75, 3.05) is 5.32 Å². The fourth-order valence-electron chi connectivity index (χ4n) is 2.80. The average Bonchev–Trinajstić information content (AvgIpc) is 3.16. The third-order valence-electron chi connectivity index (χ3n) is 4.37. The molecular weight excluding hydrogens is 431 g/mol. The normalized spacial score (nSPS) is 12.1. The molecule has 0 saturated heterocycles. The van der Waals surface area contributed by atoms with Crippen LogP contribution in [0.2, 0.25) is 10.0 Å². The fourth-order valence-corrected chi connectivity index (χ4v) is 4.11. The van der Waals surface area contributed by atoms with Crippen molar-refractivity contribution >= 4 is 56.3 Å². The van der Waals surface area contributed by atoms with Crippen LogP contribution < -0.4 is 10.9 Å². The van der Waals surface area contributed by atoms with E-state index < -0.39 is 11.9 Å². The second-order valence-corrected chi connectivity index (χ2v) is 8.20. The van der Waals surface area contributed by atoms with Crippen molar-refractivity contribution in [3.05, 3.63) is 75.0 Å². The Labute approximate surface area is 179 Å². The quantitative estimate of drug-likeness (QED) is 0.478. The number of carbonyl (C=O) groups excluding carboxylic acids is 1. The molecule has 0 aliphatic carbocycles. The number of amides is 1. The van der Waals surface area contributed by atoms with Gasteiger partial charge in [-0.25, -0.2) is 0 Å². The van der Waals surface area contributed by atoms with Gasteiger partial charge in [0, 0.05) is 9.90 Å². The molecule has 0 radical (unpaired) electrons. The van der Waals surface area contributed by atoms with Gasteiger partial charge in [0.1, 0.15) is 6.04 Å². The van der Waals surface area contributed by atoms with E-state index >= 15 is 0 Å². The highest BCUT2D eigenvalue weighted by molar-refractivity contribution is 7.21. The van der Waals surface area contributed by atoms with Gasteiger partial charge in [0.15, 0.2) is 4.83 Å². The van der Waals surface area contributed by atoms with Crippen LogP contribution >= 0.6 is 34.5 Å². The Hall–Kier alpha value is -2.74. The van der Waals surface area contributed by atoms with Gasteiger partial charge in [-0.15, -0.1) is 16.4 Å². The molecule has 2 heterocycles. The number of benzene rings is 2. The summed E-state index contributed by atoms with van der Waals surface area (Å²) in [6.07, 6.45) is 0. The van der Waals surface area contributed by atoms with Gasteiger partial charge in [-0.3, -0.25) is 9.59 Å². The highest BCUT2D eigenvalue weighted by atomic mass is 35.5. The molecule has 1 N–H and O–H groups in total. The van der Waals surface area contributed by atoms with Crippen LogP contribution in [-0.4, -0.2) is 20.9 Å². The molecule has 1 atom stereocenters. The van der Waals surface area contributed by atoms with Crippen LogP contribution in [0.4, 0.5) is 5.69 Å². The van der Waals surface area contributed by atoms with Crippen molar-refractivity contribution in [3.8, 4) is 10.4 Å². The van der Waals surface area contributed by atoms with Crippen LogP contribution in [0, 0.1) is 0 Å². The highest BCUT2D eigenvalue weighted by Crippen LogP contribution is 2.30. The Bertz CT molecular complexity index is 1270. The zero-order valence-electron chi connectivity index (χ0n) is 15.1. The van der Waals surface area contributed by atoms with Crippen molar-refractivity contribution in [3.63, 3.8) is 0 Å². The van der Waals surface area contributed by atoms with Crippen LogP contribution in [0.1, 0.15) is 13.0 Å². The van der Waals surface area contributed by atoms with Gasteiger partial charge in [-0.2, -0.15) is 4.68 Å². The minimum Gasteiger partial charge on any atom is -0.323 e. The number of nitrogens with zero attached hydrogens (tertiary/aromatic N) is 3. The van der Waals surface area contributed by atoms with E-state index in [4.69, 9.17) is 23.2 Å². The molecule has 4 rings (SSSR count). The Kier molecular flexibility index (Phi) is 5.36. The summed E-state index contributed by atoms with van der Waals surface area (Å²) in [5.41, 5.74) is 0.969. The molecule has 2 aromatic heterocycles. The van der Waals surface area contributed by atoms with Crippen molar-refractivity contribution in [1.29, 1.82) is 0 Å². The van der Waals surface area contributed by atoms with E-state index in [1.54, 1.807) is 25.1 Å². The molecule has 1 amide bonds. The van der Waals surface area contributed by atoms with E-state index in [0.717, 1.165) is 15.1 Å². The third-order valence-corrected chi connectivity index (χ3v) is 6.01. The lowest BCUT2D eigenvalue weighted by Gasteiger charge is -2.14. The zero-order valence-corrected chi connectivity index (χ0v) is 17.4. The molecule has 9 heteroatoms. The van der Waals surface area contributed by atoms with E-state index in [2.05, 4.69) is 15.6 Å². The summed E-state index contributed by atoms with van der Waals surface area (Å²) in [4.78, 5) is 27.0. The molecule has 0 bridgehead atoms. The fraction of sp³-hybridized carbons (Fsp3) is 0.100. The lowest BCUT2D eigenvalue weighted by atomic mass is 10.2. The monoisotopic (exact) mass is 444 g/mol. The molecule has 2 aromatic carbocycles. The maximum Gasteiger partial charge on any atom is 0.279 e. The second kappa shape index (κ2) is 7.94. The number of fused-ring (bicyclic) bond motifs is 1. The topological polar surface area (TPSA) is 76.9 Å². The van der Waals surface area contributed by atoms with Crippen LogP contribution in [-0.2, 0) is 4.79 Å². The zero-order chi connectivity index (χ0) is 20.5. The van der Waals surface area contributed by atoms with Crippen molar-refractivity contribution < 1.29 is 4.79 Å². The third kappa shape index (κ3) is 3.89. The number of aromatic nitrogens is 3. The van der Waals surface area contributed by atoms with E-state index in [9.17, 15) is 9.59 Å². The van der Waals surface area contributed by atoms with Gasteiger partial charge in [-0.1, -0.05) is 58.7 Å². The highest BCUT2D eigenvalue weighted by Gasteiger charge is 2.21. The standard InChI is InChI=1S/C20H14Cl2N4O2S/c1-11(18(27)23-16-9-13(21)7-8-15(16)22)26-20(28)14-10-17(29-19(14)24-25-26)12-5-3-2-4-6-12/h2-11H,1H3,(H,23,27). The van der Waals surface area contributed by atoms with E-state index in [1.807, 2.05) is 30.3 Å². The van der Waals surface area contributed by atoms with E-state index in [-0.39, 0.29) is 5.56 Å². The van der Waals surface area contributed by atoms with Gasteiger partial charge < -0.3 is 5.32 Å². The first-order valence-corrected chi connectivity index (χ1v) is 10.2. The number of nitrogens with one attached hydrogen (secondary N) is 1. The molecule has 29 heavy (non-hydrogen) atoms. The maximum atomic E-state index is 12.9. The lowest BCUT2D eigenvalue weighted by molar-refractivity contribution is -0.119. The predicted octanol–water partition coefficient (Wildman–Crippen LogP) is 5.03. The Morgan fingerprint density at radius 2 is 1.90 bits per heavy atom. The molecule has 0 saturated carbocycles. The Morgan fingerprint density at radius 3 is 2.66 bits per heavy atom. The number of hydrogen-bond donors (Lipinski definition) is 1. The minimum atomic E-state index is -0.894. The summed E-state index contributed by atoms with van der Waals surface area (Å²) < 4.78 is 1.07. The summed E-state index contributed by atoms with van der Waals surface area (Å²) in [5.74, 6) is -0.455. The van der Waals surface area contributed by atoms with Gasteiger partial charge in [0.05, 0.1) is 16.1 Å². The predicted molar refractivity (Wildman–Crippen MR) is 117 cm³/mol. The lowest BCUT2D eigenvalue weighted by Crippen LogP contribution is -2.33. The van der Waals surface area contributed by atoms with Gasteiger partial charge in [0.25, 0.3) is 5.56 Å². The molecule has 1 unspecified atom stereocenters. The van der Waals surface area contributed by atoms with Crippen LogP contribution in [0.5, 0.6) is 0 Å².